The fraction of sp³-hybridized carbons (Fsp3) is 0.167. The Morgan fingerprint density at radius 2 is 1.13 bits per heavy atom. The number of aromatic nitrogens is 2. The van der Waals surface area contributed by atoms with Crippen molar-refractivity contribution < 1.29 is 21.1 Å². The van der Waals surface area contributed by atoms with Gasteiger partial charge in [0.15, 0.2) is 0 Å². The van der Waals surface area contributed by atoms with Gasteiger partial charge < -0.3 is 5.32 Å². The van der Waals surface area contributed by atoms with Crippen molar-refractivity contribution in [1.29, 1.82) is 0 Å². The summed E-state index contributed by atoms with van der Waals surface area (Å²) >= 11 is 0. The number of nitrogens with zero attached hydrogens (tertiary/aromatic N) is 3. The van der Waals surface area contributed by atoms with Crippen molar-refractivity contribution in [2.45, 2.75) is 52.4 Å². The number of allylic oxidation sites excluding steroid dienone is 3. The zero-order chi connectivity index (χ0) is 35.6. The average molecular weight is 857 g/mol. The molecule has 0 fully saturated rings. The van der Waals surface area contributed by atoms with Crippen molar-refractivity contribution in [3.05, 3.63) is 197 Å². The van der Waals surface area contributed by atoms with E-state index in [4.69, 9.17) is 15.3 Å². The van der Waals surface area contributed by atoms with Crippen LogP contribution in [0.3, 0.4) is 0 Å². The molecule has 6 aromatic rings. The zero-order valence-corrected chi connectivity index (χ0v) is 32.9. The molecule has 0 saturated carbocycles. The van der Waals surface area contributed by atoms with E-state index < -0.39 is 0 Å². The van der Waals surface area contributed by atoms with Crippen LogP contribution in [0.1, 0.15) is 69.5 Å². The SMILES string of the molecule is CC(C)(C)c1ccnc(C2=CC=C/C(=C(/c3[c-]c(-c4cc(C(C)(C)C)ccn4)ccc3)c3c(-c4ccccc4)cccc3-c3ccccc3)[N-]2)c1.[Pt+2]. The Kier molecular flexibility index (Phi) is 10.7. The quantitative estimate of drug-likeness (QED) is 0.157. The molecule has 0 aliphatic carbocycles. The maximum Gasteiger partial charge on any atom is 2.00 e. The molecule has 0 bridgehead atoms. The molecule has 0 unspecified atom stereocenters. The summed E-state index contributed by atoms with van der Waals surface area (Å²) in [5.74, 6) is 0. The third kappa shape index (κ3) is 7.86. The number of rotatable bonds is 6. The summed E-state index contributed by atoms with van der Waals surface area (Å²) in [4.78, 5) is 9.61. The van der Waals surface area contributed by atoms with Gasteiger partial charge in [-0.1, -0.05) is 156 Å². The Balaban J connectivity index is 0.00000464. The number of benzene rings is 4. The summed E-state index contributed by atoms with van der Waals surface area (Å²) in [6, 6.07) is 46.6. The van der Waals surface area contributed by atoms with Gasteiger partial charge in [-0.25, -0.2) is 0 Å². The van der Waals surface area contributed by atoms with Crippen molar-refractivity contribution in [3.63, 3.8) is 0 Å². The molecule has 2 aromatic heterocycles. The van der Waals surface area contributed by atoms with Crippen LogP contribution < -0.4 is 0 Å². The molecule has 1 aliphatic rings. The molecule has 260 valence electrons. The van der Waals surface area contributed by atoms with Crippen molar-refractivity contribution in [1.82, 2.24) is 9.97 Å². The van der Waals surface area contributed by atoms with Gasteiger partial charge >= 0.3 is 21.1 Å². The molecule has 3 nitrogen and oxygen atoms in total. The minimum atomic E-state index is -0.0144. The second-order valence-electron chi connectivity index (χ2n) is 15.1. The predicted octanol–water partition coefficient (Wildman–Crippen LogP) is 12.6. The normalized spacial score (nSPS) is 13.8. The molecule has 4 heteroatoms. The molecule has 0 spiro atoms. The van der Waals surface area contributed by atoms with Crippen molar-refractivity contribution in [3.8, 4) is 33.5 Å². The van der Waals surface area contributed by atoms with E-state index in [0.717, 1.165) is 67.3 Å². The molecule has 0 amide bonds. The van der Waals surface area contributed by atoms with Crippen LogP contribution in [-0.4, -0.2) is 9.97 Å². The first kappa shape index (κ1) is 36.7. The molecule has 3 heterocycles. The Hall–Kier alpha value is -5.11. The van der Waals surface area contributed by atoms with Crippen LogP contribution in [0.2, 0.25) is 0 Å². The molecular formula is C48H43N3Pt. The minimum absolute atomic E-state index is 0. The molecule has 4 aromatic carbocycles. The Morgan fingerprint density at radius 1 is 0.596 bits per heavy atom. The molecular weight excluding hydrogens is 814 g/mol. The van der Waals surface area contributed by atoms with E-state index >= 15 is 0 Å². The number of hydrogen-bond donors (Lipinski definition) is 0. The van der Waals surface area contributed by atoms with Crippen LogP contribution in [0.25, 0.3) is 50.1 Å². The Bertz CT molecular complexity index is 2230. The molecule has 52 heavy (non-hydrogen) atoms. The van der Waals surface area contributed by atoms with Gasteiger partial charge in [-0.15, -0.1) is 35.5 Å². The van der Waals surface area contributed by atoms with Gasteiger partial charge in [0, 0.05) is 23.8 Å². The minimum Gasteiger partial charge on any atom is -0.662 e. The monoisotopic (exact) mass is 856 g/mol. The average Bonchev–Trinajstić information content (AvgIpc) is 3.15. The maximum absolute atomic E-state index is 5.40. The van der Waals surface area contributed by atoms with E-state index in [1.165, 1.54) is 11.1 Å². The summed E-state index contributed by atoms with van der Waals surface area (Å²) < 4.78 is 0. The van der Waals surface area contributed by atoms with Crippen LogP contribution in [0.15, 0.2) is 158 Å². The fourth-order valence-corrected chi connectivity index (χ4v) is 6.50. The second-order valence-corrected chi connectivity index (χ2v) is 15.1. The van der Waals surface area contributed by atoms with E-state index in [1.807, 2.05) is 12.4 Å². The van der Waals surface area contributed by atoms with Crippen LogP contribution in [0, 0.1) is 6.07 Å². The first-order valence-corrected chi connectivity index (χ1v) is 17.6. The van der Waals surface area contributed by atoms with Gasteiger partial charge in [-0.05, 0) is 68.0 Å². The van der Waals surface area contributed by atoms with Gasteiger partial charge in [-0.3, -0.25) is 9.97 Å². The van der Waals surface area contributed by atoms with Crippen molar-refractivity contribution in [2.75, 3.05) is 0 Å². The van der Waals surface area contributed by atoms with Crippen LogP contribution in [0.4, 0.5) is 0 Å². The Labute approximate surface area is 323 Å². The molecule has 7 rings (SSSR count). The van der Waals surface area contributed by atoms with Crippen molar-refractivity contribution >= 4 is 11.3 Å². The smallest absolute Gasteiger partial charge is 0.662 e. The van der Waals surface area contributed by atoms with Gasteiger partial charge in [0.2, 0.25) is 0 Å². The third-order valence-corrected chi connectivity index (χ3v) is 9.34. The first-order valence-electron chi connectivity index (χ1n) is 17.6. The molecule has 0 radical (unpaired) electrons. The summed E-state index contributed by atoms with van der Waals surface area (Å²) in [6.07, 6.45) is 10.1. The van der Waals surface area contributed by atoms with E-state index in [1.54, 1.807) is 0 Å². The van der Waals surface area contributed by atoms with Crippen LogP contribution in [-0.2, 0) is 31.9 Å². The first-order chi connectivity index (χ1) is 24.6. The molecule has 0 N–H and O–H groups in total. The predicted molar refractivity (Wildman–Crippen MR) is 214 cm³/mol. The van der Waals surface area contributed by atoms with Crippen LogP contribution in [0.5, 0.6) is 0 Å². The standard InChI is InChI=1S/C48H43N3.Pt/c1-47(2,3)37-26-28-49-43(31-37)35-20-13-21-36(30-35)45(42-25-15-24-41(51-42)44-32-38(27-29-50-44)48(4,5)6)46-39(33-16-9-7-10-17-33)22-14-23-40(46)34-18-11-8-12-19-34;/h7-29,31-32H,1-6H3;/q-2;+2/b45-42+;. The van der Waals surface area contributed by atoms with Gasteiger partial charge in [0.1, 0.15) is 0 Å². The fourth-order valence-electron chi connectivity index (χ4n) is 6.50. The summed E-state index contributed by atoms with van der Waals surface area (Å²) in [7, 11) is 0. The van der Waals surface area contributed by atoms with E-state index in [-0.39, 0.29) is 31.9 Å². The topological polar surface area (TPSA) is 39.9 Å². The Morgan fingerprint density at radius 3 is 1.71 bits per heavy atom. The molecule has 0 saturated heterocycles. The third-order valence-electron chi connectivity index (χ3n) is 9.34. The second kappa shape index (κ2) is 15.2. The van der Waals surface area contributed by atoms with E-state index in [0.29, 0.717) is 0 Å². The van der Waals surface area contributed by atoms with Gasteiger partial charge in [-0.2, -0.15) is 5.70 Å². The zero-order valence-electron chi connectivity index (χ0n) is 30.6. The molecule has 0 atom stereocenters. The number of pyridine rings is 2. The van der Waals surface area contributed by atoms with Gasteiger partial charge in [0.25, 0.3) is 0 Å². The van der Waals surface area contributed by atoms with Crippen molar-refractivity contribution in [2.24, 2.45) is 0 Å². The van der Waals surface area contributed by atoms with E-state index in [9.17, 15) is 0 Å². The summed E-state index contributed by atoms with van der Waals surface area (Å²) in [6.45, 7) is 13.4. The number of hydrogen-bond acceptors (Lipinski definition) is 2. The summed E-state index contributed by atoms with van der Waals surface area (Å²) in [5, 5.41) is 5.40. The maximum atomic E-state index is 5.40. The van der Waals surface area contributed by atoms with Gasteiger partial charge in [0.05, 0.1) is 0 Å². The molecule has 1 aliphatic heterocycles. The van der Waals surface area contributed by atoms with Crippen LogP contribution >= 0.6 is 0 Å². The largest absolute Gasteiger partial charge is 2.00 e. The van der Waals surface area contributed by atoms with E-state index in [2.05, 4.69) is 187 Å². The summed E-state index contributed by atoms with van der Waals surface area (Å²) in [5.41, 5.74) is 14.3.